The molecular formula is C11H14N2O5S. The first-order valence-electron chi connectivity index (χ1n) is 5.22. The highest BCUT2D eigenvalue weighted by atomic mass is 32.2. The molecule has 0 radical (unpaired) electrons. The number of nitrogens with two attached hydrogens (primary N) is 1. The van der Waals surface area contributed by atoms with Crippen LogP contribution in [0, 0.1) is 17.0 Å². The van der Waals surface area contributed by atoms with Gasteiger partial charge in [-0.15, -0.1) is 0 Å². The van der Waals surface area contributed by atoms with E-state index in [0.29, 0.717) is 11.1 Å². The zero-order chi connectivity index (χ0) is 14.8. The number of benzene rings is 1. The molecule has 0 amide bonds. The number of sulfonamides is 1. The maximum absolute atomic E-state index is 11.5. The Balaban J connectivity index is 3.44. The fourth-order valence-corrected chi connectivity index (χ4v) is 2.18. The molecule has 1 aromatic carbocycles. The van der Waals surface area contributed by atoms with E-state index in [9.17, 15) is 18.5 Å². The van der Waals surface area contributed by atoms with Crippen molar-refractivity contribution in [2.45, 2.75) is 18.7 Å². The summed E-state index contributed by atoms with van der Waals surface area (Å²) >= 11 is 0. The number of nitro benzene ring substituents is 1. The molecule has 0 atom stereocenters. The van der Waals surface area contributed by atoms with Crippen LogP contribution in [0.25, 0.3) is 0 Å². The number of primary sulfonamides is 1. The summed E-state index contributed by atoms with van der Waals surface area (Å²) in [4.78, 5) is 9.63. The molecule has 104 valence electrons. The fraction of sp³-hybridized carbons (Fsp3) is 0.273. The number of aryl methyl sites for hydroxylation is 1. The highest BCUT2D eigenvalue weighted by Gasteiger charge is 2.22. The lowest BCUT2D eigenvalue weighted by Gasteiger charge is -2.12. The van der Waals surface area contributed by atoms with Crippen LogP contribution in [0.4, 0.5) is 5.69 Å². The highest BCUT2D eigenvalue weighted by molar-refractivity contribution is 7.89. The van der Waals surface area contributed by atoms with Crippen molar-refractivity contribution in [2.24, 2.45) is 5.14 Å². The van der Waals surface area contributed by atoms with Crippen LogP contribution >= 0.6 is 0 Å². The molecule has 0 aliphatic carbocycles. The number of nitro groups is 1. The zero-order valence-corrected chi connectivity index (χ0v) is 11.4. The van der Waals surface area contributed by atoms with Gasteiger partial charge in [-0.25, -0.2) is 13.6 Å². The first kappa shape index (κ1) is 15.1. The fourth-order valence-electron chi connectivity index (χ4n) is 1.42. The molecule has 0 spiro atoms. The van der Waals surface area contributed by atoms with Gasteiger partial charge in [-0.3, -0.25) is 10.1 Å². The lowest BCUT2D eigenvalue weighted by molar-refractivity contribution is -0.385. The lowest BCUT2D eigenvalue weighted by atomic mass is 10.2. The normalized spacial score (nSPS) is 11.1. The summed E-state index contributed by atoms with van der Waals surface area (Å²) in [5.74, 6) is 0.0103. The second-order valence-corrected chi connectivity index (χ2v) is 5.67. The highest BCUT2D eigenvalue weighted by Crippen LogP contribution is 2.31. The molecule has 7 nitrogen and oxygen atoms in total. The summed E-state index contributed by atoms with van der Waals surface area (Å²) in [6, 6.07) is 2.11. The van der Waals surface area contributed by atoms with E-state index in [1.807, 2.05) is 0 Å². The van der Waals surface area contributed by atoms with Gasteiger partial charge in [0.05, 0.1) is 4.92 Å². The second kappa shape index (κ2) is 5.37. The van der Waals surface area contributed by atoms with Gasteiger partial charge in [-0.05, 0) is 25.0 Å². The topological polar surface area (TPSA) is 113 Å². The third-order valence-corrected chi connectivity index (χ3v) is 3.12. The van der Waals surface area contributed by atoms with Crippen LogP contribution in [0.3, 0.4) is 0 Å². The van der Waals surface area contributed by atoms with Gasteiger partial charge in [0.25, 0.3) is 5.69 Å². The van der Waals surface area contributed by atoms with E-state index in [-0.39, 0.29) is 18.0 Å². The second-order valence-electron chi connectivity index (χ2n) is 4.14. The summed E-state index contributed by atoms with van der Waals surface area (Å²) in [7, 11) is -4.12. The molecule has 0 aliphatic rings. The predicted molar refractivity (Wildman–Crippen MR) is 69.5 cm³/mol. The Labute approximate surface area is 110 Å². The molecule has 1 aromatic rings. The van der Waals surface area contributed by atoms with E-state index >= 15 is 0 Å². The molecule has 0 heterocycles. The monoisotopic (exact) mass is 286 g/mol. The van der Waals surface area contributed by atoms with E-state index in [2.05, 4.69) is 6.58 Å². The molecule has 8 heteroatoms. The summed E-state index contributed by atoms with van der Waals surface area (Å²) in [5, 5.41) is 15.8. The maximum atomic E-state index is 11.5. The van der Waals surface area contributed by atoms with Gasteiger partial charge in [0.15, 0.2) is 0 Å². The molecule has 0 unspecified atom stereocenters. The molecule has 0 fully saturated rings. The van der Waals surface area contributed by atoms with Gasteiger partial charge in [0.1, 0.15) is 17.3 Å². The van der Waals surface area contributed by atoms with Crippen molar-refractivity contribution in [3.8, 4) is 5.75 Å². The van der Waals surface area contributed by atoms with E-state index in [1.54, 1.807) is 6.92 Å². The Kier molecular flexibility index (Phi) is 4.28. The Morgan fingerprint density at radius 3 is 2.53 bits per heavy atom. The summed E-state index contributed by atoms with van der Waals surface area (Å²) in [5.41, 5.74) is 0.641. The Hall–Kier alpha value is -1.93. The maximum Gasteiger partial charge on any atom is 0.271 e. The molecule has 0 aliphatic heterocycles. The van der Waals surface area contributed by atoms with Gasteiger partial charge in [-0.1, -0.05) is 6.58 Å². The molecular weight excluding hydrogens is 272 g/mol. The summed E-state index contributed by atoms with van der Waals surface area (Å²) in [6.45, 7) is 6.94. The zero-order valence-electron chi connectivity index (χ0n) is 10.5. The SMILES string of the molecule is C=C(C)COc1c(C)cc([N+](=O)[O-])cc1S(N)(=O)=O. The molecule has 0 bridgehead atoms. The van der Waals surface area contributed by atoms with Crippen molar-refractivity contribution >= 4 is 15.7 Å². The number of nitrogens with zero attached hydrogens (tertiary/aromatic N) is 1. The summed E-state index contributed by atoms with van der Waals surface area (Å²) < 4.78 is 28.3. The van der Waals surface area contributed by atoms with Crippen LogP contribution in [0.5, 0.6) is 5.75 Å². The van der Waals surface area contributed by atoms with Gasteiger partial charge in [0, 0.05) is 12.1 Å². The molecule has 0 saturated heterocycles. The average Bonchev–Trinajstić information content (AvgIpc) is 2.24. The quantitative estimate of drug-likeness (QED) is 0.500. The third-order valence-electron chi connectivity index (χ3n) is 2.21. The lowest BCUT2D eigenvalue weighted by Crippen LogP contribution is -2.15. The van der Waals surface area contributed by atoms with E-state index in [1.165, 1.54) is 13.0 Å². The van der Waals surface area contributed by atoms with Crippen molar-refractivity contribution in [1.29, 1.82) is 0 Å². The van der Waals surface area contributed by atoms with Crippen molar-refractivity contribution in [2.75, 3.05) is 6.61 Å². The minimum Gasteiger partial charge on any atom is -0.488 e. The predicted octanol–water partition coefficient (Wildman–Crippen LogP) is 1.51. The molecule has 1 rings (SSSR count). The first-order chi connectivity index (χ1) is 8.62. The van der Waals surface area contributed by atoms with Crippen LogP contribution in [0.15, 0.2) is 29.2 Å². The largest absolute Gasteiger partial charge is 0.488 e. The van der Waals surface area contributed by atoms with E-state index in [4.69, 9.17) is 9.88 Å². The summed E-state index contributed by atoms with van der Waals surface area (Å²) in [6.07, 6.45) is 0. The average molecular weight is 286 g/mol. The van der Waals surface area contributed by atoms with Crippen LogP contribution < -0.4 is 9.88 Å². The minimum absolute atomic E-state index is 0.0103. The minimum atomic E-state index is -4.12. The van der Waals surface area contributed by atoms with Crippen molar-refractivity contribution in [3.05, 3.63) is 40.0 Å². The Morgan fingerprint density at radius 1 is 1.53 bits per heavy atom. The Bertz CT molecular complexity index is 637. The van der Waals surface area contributed by atoms with Crippen LogP contribution in [-0.4, -0.2) is 19.9 Å². The molecule has 0 aromatic heterocycles. The van der Waals surface area contributed by atoms with E-state index in [0.717, 1.165) is 6.07 Å². The van der Waals surface area contributed by atoms with E-state index < -0.39 is 19.8 Å². The first-order valence-corrected chi connectivity index (χ1v) is 6.76. The van der Waals surface area contributed by atoms with Gasteiger partial charge in [-0.2, -0.15) is 0 Å². The number of hydrogen-bond acceptors (Lipinski definition) is 5. The number of rotatable bonds is 5. The molecule has 0 saturated carbocycles. The van der Waals surface area contributed by atoms with Crippen LogP contribution in [0.2, 0.25) is 0 Å². The third kappa shape index (κ3) is 3.76. The smallest absolute Gasteiger partial charge is 0.271 e. The number of non-ortho nitro benzene ring substituents is 1. The van der Waals surface area contributed by atoms with Crippen molar-refractivity contribution in [3.63, 3.8) is 0 Å². The van der Waals surface area contributed by atoms with Crippen LogP contribution in [-0.2, 0) is 10.0 Å². The van der Waals surface area contributed by atoms with Gasteiger partial charge < -0.3 is 4.74 Å². The number of ether oxygens (including phenoxy) is 1. The van der Waals surface area contributed by atoms with Gasteiger partial charge >= 0.3 is 0 Å². The van der Waals surface area contributed by atoms with Crippen molar-refractivity contribution in [1.82, 2.24) is 0 Å². The number of hydrogen-bond donors (Lipinski definition) is 1. The molecule has 2 N–H and O–H groups in total. The van der Waals surface area contributed by atoms with Crippen LogP contribution in [0.1, 0.15) is 12.5 Å². The Morgan fingerprint density at radius 2 is 2.11 bits per heavy atom. The standard InChI is InChI=1S/C11H14N2O5S/c1-7(2)6-18-11-8(3)4-9(13(14)15)5-10(11)19(12,16)17/h4-5H,1,6H2,2-3H3,(H2,12,16,17). The van der Waals surface area contributed by atoms with Crippen molar-refractivity contribution < 1.29 is 18.1 Å². The molecule has 19 heavy (non-hydrogen) atoms. The van der Waals surface area contributed by atoms with Gasteiger partial charge in [0.2, 0.25) is 10.0 Å².